The van der Waals surface area contributed by atoms with E-state index in [0.29, 0.717) is 5.56 Å². The molecule has 98 valence electrons. The second-order valence-corrected chi connectivity index (χ2v) is 4.70. The Morgan fingerprint density at radius 1 is 1.26 bits per heavy atom. The van der Waals surface area contributed by atoms with Crippen LogP contribution in [0.2, 0.25) is 0 Å². The van der Waals surface area contributed by atoms with Crippen molar-refractivity contribution in [2.24, 2.45) is 5.11 Å². The highest BCUT2D eigenvalue weighted by molar-refractivity contribution is 7.18. The molecule has 0 radical (unpaired) electrons. The average Bonchev–Trinajstić information content (AvgIpc) is 2.74. The molecule has 0 N–H and O–H groups in total. The number of alkyl halides is 3. The van der Waals surface area contributed by atoms with E-state index in [-0.39, 0.29) is 5.01 Å². The third-order valence-corrected chi connectivity index (χ3v) is 3.30. The van der Waals surface area contributed by atoms with Crippen molar-refractivity contribution in [3.05, 3.63) is 46.0 Å². The van der Waals surface area contributed by atoms with Crippen LogP contribution in [0.25, 0.3) is 21.0 Å². The molecular formula is C11H7F3N4S. The summed E-state index contributed by atoms with van der Waals surface area (Å²) in [6, 6.07) is 6.90. The average molecular weight is 284 g/mol. The minimum atomic E-state index is -4.64. The van der Waals surface area contributed by atoms with E-state index in [1.807, 2.05) is 6.92 Å². The Bertz CT molecular complexity index is 639. The molecule has 0 amide bonds. The number of azide groups is 1. The van der Waals surface area contributed by atoms with Crippen molar-refractivity contribution < 1.29 is 13.2 Å². The van der Waals surface area contributed by atoms with Crippen molar-refractivity contribution >= 4 is 16.3 Å². The van der Waals surface area contributed by atoms with E-state index in [2.05, 4.69) is 15.0 Å². The van der Waals surface area contributed by atoms with Gasteiger partial charge in [0.2, 0.25) is 0 Å². The predicted molar refractivity (Wildman–Crippen MR) is 66.1 cm³/mol. The zero-order valence-corrected chi connectivity index (χ0v) is 10.5. The minimum absolute atomic E-state index is 0.176. The first kappa shape index (κ1) is 13.4. The van der Waals surface area contributed by atoms with Gasteiger partial charge in [-0.15, -0.1) is 11.3 Å². The molecule has 0 atom stereocenters. The smallest absolute Gasteiger partial charge is 0.231 e. The number of benzene rings is 1. The summed E-state index contributed by atoms with van der Waals surface area (Å²) in [4.78, 5) is 5.93. The van der Waals surface area contributed by atoms with Crippen molar-refractivity contribution in [2.45, 2.75) is 13.1 Å². The van der Waals surface area contributed by atoms with Crippen LogP contribution in [0.1, 0.15) is 11.3 Å². The predicted octanol–water partition coefficient (Wildman–Crippen LogP) is 5.08. The number of hydrogen-bond donors (Lipinski definition) is 0. The van der Waals surface area contributed by atoms with Crippen molar-refractivity contribution in [1.29, 1.82) is 0 Å². The lowest BCUT2D eigenvalue weighted by Crippen LogP contribution is -2.05. The van der Waals surface area contributed by atoms with Gasteiger partial charge >= 0.3 is 6.18 Å². The number of nitrogens with zero attached hydrogens (tertiary/aromatic N) is 4. The molecule has 0 saturated heterocycles. The summed E-state index contributed by atoms with van der Waals surface area (Å²) < 4.78 is 38.2. The van der Waals surface area contributed by atoms with Gasteiger partial charge in [0.1, 0.15) is 10.0 Å². The van der Waals surface area contributed by atoms with Crippen LogP contribution in [0.5, 0.6) is 0 Å². The van der Waals surface area contributed by atoms with Gasteiger partial charge in [-0.25, -0.2) is 4.98 Å². The summed E-state index contributed by atoms with van der Waals surface area (Å²) in [6.07, 6.45) is -4.64. The number of rotatable bonds is 2. The number of halogens is 3. The van der Waals surface area contributed by atoms with Gasteiger partial charge in [0.15, 0.2) is 5.69 Å². The van der Waals surface area contributed by atoms with Gasteiger partial charge in [0.25, 0.3) is 0 Å². The Kier molecular flexibility index (Phi) is 3.46. The van der Waals surface area contributed by atoms with E-state index < -0.39 is 16.9 Å². The zero-order chi connectivity index (χ0) is 14.0. The van der Waals surface area contributed by atoms with E-state index in [0.717, 1.165) is 16.9 Å². The normalized spacial score (nSPS) is 11.2. The van der Waals surface area contributed by atoms with Crippen LogP contribution in [0.15, 0.2) is 29.4 Å². The molecule has 0 saturated carbocycles. The van der Waals surface area contributed by atoms with Gasteiger partial charge < -0.3 is 0 Å². The second kappa shape index (κ2) is 4.91. The van der Waals surface area contributed by atoms with Crippen molar-refractivity contribution in [1.82, 2.24) is 4.98 Å². The number of aromatic nitrogens is 1. The van der Waals surface area contributed by atoms with Gasteiger partial charge in [-0.2, -0.15) is 13.2 Å². The highest BCUT2D eigenvalue weighted by atomic mass is 32.1. The van der Waals surface area contributed by atoms with E-state index in [4.69, 9.17) is 5.53 Å². The first-order valence-corrected chi connectivity index (χ1v) is 5.93. The molecule has 0 spiro atoms. The Labute approximate surface area is 110 Å². The summed E-state index contributed by atoms with van der Waals surface area (Å²) >= 11 is 0.718. The minimum Gasteiger partial charge on any atom is -0.231 e. The zero-order valence-electron chi connectivity index (χ0n) is 9.64. The maximum atomic E-state index is 12.7. The third-order valence-electron chi connectivity index (χ3n) is 2.31. The molecule has 19 heavy (non-hydrogen) atoms. The highest BCUT2D eigenvalue weighted by Gasteiger charge is 2.37. The fraction of sp³-hybridized carbons (Fsp3) is 0.182. The molecule has 4 nitrogen and oxygen atoms in total. The molecular weight excluding hydrogens is 277 g/mol. The topological polar surface area (TPSA) is 61.7 Å². The summed E-state index contributed by atoms with van der Waals surface area (Å²) in [5.41, 5.74) is 8.70. The van der Waals surface area contributed by atoms with Gasteiger partial charge in [0.05, 0.1) is 0 Å². The van der Waals surface area contributed by atoms with Crippen molar-refractivity contribution in [2.75, 3.05) is 0 Å². The monoisotopic (exact) mass is 284 g/mol. The number of thiazole rings is 1. The molecule has 2 rings (SSSR count). The molecule has 0 aliphatic rings. The van der Waals surface area contributed by atoms with Crippen LogP contribution in [0.4, 0.5) is 18.2 Å². The quantitative estimate of drug-likeness (QED) is 0.431. The largest absolute Gasteiger partial charge is 0.434 e. The maximum absolute atomic E-state index is 12.7. The first-order valence-electron chi connectivity index (χ1n) is 5.12. The fourth-order valence-corrected chi connectivity index (χ4v) is 2.33. The Morgan fingerprint density at radius 3 is 2.42 bits per heavy atom. The molecule has 8 heteroatoms. The lowest BCUT2D eigenvalue weighted by atomic mass is 10.2. The fourth-order valence-electron chi connectivity index (χ4n) is 1.42. The summed E-state index contributed by atoms with van der Waals surface area (Å²) in [6.45, 7) is 1.87. The molecule has 2 aromatic rings. The standard InChI is InChI=1S/C11H7F3N4S/c1-6-2-4-7(5-3-6)9-16-8(11(12,13)14)10(19-9)17-18-15/h2-5H,1H3. The van der Waals surface area contributed by atoms with E-state index in [1.165, 1.54) is 0 Å². The lowest BCUT2D eigenvalue weighted by Gasteiger charge is -2.02. The molecule has 0 bridgehead atoms. The first-order chi connectivity index (χ1) is 8.91. The number of hydrogen-bond acceptors (Lipinski definition) is 3. The summed E-state index contributed by atoms with van der Waals surface area (Å²) in [5.74, 6) is 0. The van der Waals surface area contributed by atoms with Crippen LogP contribution in [0.3, 0.4) is 0 Å². The molecule has 0 fully saturated rings. The van der Waals surface area contributed by atoms with Gasteiger partial charge in [-0.3, -0.25) is 0 Å². The van der Waals surface area contributed by atoms with Crippen LogP contribution < -0.4 is 0 Å². The summed E-state index contributed by atoms with van der Waals surface area (Å²) in [7, 11) is 0. The molecule has 1 heterocycles. The van der Waals surface area contributed by atoms with Crippen molar-refractivity contribution in [3.8, 4) is 10.6 Å². The van der Waals surface area contributed by atoms with E-state index in [9.17, 15) is 13.2 Å². The highest BCUT2D eigenvalue weighted by Crippen LogP contribution is 2.42. The molecule has 0 aliphatic heterocycles. The van der Waals surface area contributed by atoms with E-state index >= 15 is 0 Å². The lowest BCUT2D eigenvalue weighted by molar-refractivity contribution is -0.140. The van der Waals surface area contributed by atoms with Crippen LogP contribution in [-0.2, 0) is 6.18 Å². The SMILES string of the molecule is Cc1ccc(-c2nc(C(F)(F)F)c(N=[N+]=[N-])s2)cc1. The Hall–Kier alpha value is -2.05. The second-order valence-electron chi connectivity index (χ2n) is 3.73. The van der Waals surface area contributed by atoms with Crippen molar-refractivity contribution in [3.63, 3.8) is 0 Å². The third kappa shape index (κ3) is 2.86. The van der Waals surface area contributed by atoms with Gasteiger partial charge in [-0.05, 0) is 17.6 Å². The van der Waals surface area contributed by atoms with Crippen LogP contribution >= 0.6 is 11.3 Å². The van der Waals surface area contributed by atoms with E-state index in [1.54, 1.807) is 24.3 Å². The molecule has 1 aromatic carbocycles. The van der Waals surface area contributed by atoms with Gasteiger partial charge in [-0.1, -0.05) is 29.8 Å². The van der Waals surface area contributed by atoms with Crippen LogP contribution in [0, 0.1) is 6.92 Å². The van der Waals surface area contributed by atoms with Crippen LogP contribution in [-0.4, -0.2) is 4.98 Å². The Balaban J connectivity index is 2.54. The summed E-state index contributed by atoms with van der Waals surface area (Å²) in [5, 5.41) is 2.76. The maximum Gasteiger partial charge on any atom is 0.434 e. The molecule has 0 aliphatic carbocycles. The Morgan fingerprint density at radius 2 is 1.89 bits per heavy atom. The number of aryl methyl sites for hydroxylation is 1. The van der Waals surface area contributed by atoms with Gasteiger partial charge in [0, 0.05) is 10.5 Å². The molecule has 1 aromatic heterocycles. The molecule has 0 unspecified atom stereocenters.